The Labute approximate surface area is 163 Å². The van der Waals surface area contributed by atoms with Crippen LogP contribution in [-0.2, 0) is 11.3 Å². The van der Waals surface area contributed by atoms with Crippen molar-refractivity contribution in [1.29, 1.82) is 0 Å². The summed E-state index contributed by atoms with van der Waals surface area (Å²) in [5.74, 6) is -5.08. The number of hydrogen-bond acceptors (Lipinski definition) is 5. The second-order valence-electron chi connectivity index (χ2n) is 6.28. The minimum Gasteiger partial charge on any atom is -0.473 e. The molecule has 1 atom stereocenters. The van der Waals surface area contributed by atoms with Crippen LogP contribution < -0.4 is 11.5 Å². The third-order valence-electron chi connectivity index (χ3n) is 4.28. The van der Waals surface area contributed by atoms with Gasteiger partial charge < -0.3 is 21.1 Å². The van der Waals surface area contributed by atoms with Crippen LogP contribution in [0.15, 0.2) is 35.5 Å². The number of alkyl halides is 4. The molecule has 0 fully saturated rings. The van der Waals surface area contributed by atoms with Crippen molar-refractivity contribution in [2.75, 3.05) is 6.61 Å². The average Bonchev–Trinajstić information content (AvgIpc) is 2.97. The first-order chi connectivity index (χ1) is 13.0. The summed E-state index contributed by atoms with van der Waals surface area (Å²) in [6.07, 6.45) is -1.12. The molecule has 6 nitrogen and oxygen atoms in total. The number of pyridine rings is 1. The van der Waals surface area contributed by atoms with E-state index < -0.39 is 30.9 Å². The lowest BCUT2D eigenvalue weighted by atomic mass is 10.1. The van der Waals surface area contributed by atoms with Crippen LogP contribution >= 0.6 is 11.6 Å². The molecule has 1 aromatic rings. The Hall–Kier alpha value is -2.49. The first-order valence-electron chi connectivity index (χ1n) is 8.12. The zero-order valence-corrected chi connectivity index (χ0v) is 15.8. The molecule has 1 aliphatic rings. The van der Waals surface area contributed by atoms with Crippen LogP contribution in [0.2, 0.25) is 5.15 Å². The van der Waals surface area contributed by atoms with Gasteiger partial charge in [-0.15, -0.1) is 0 Å². The van der Waals surface area contributed by atoms with E-state index in [9.17, 15) is 22.4 Å². The molecule has 0 saturated carbocycles. The fourth-order valence-corrected chi connectivity index (χ4v) is 2.72. The number of rotatable bonds is 7. The topological polar surface area (TPSA) is 94.5 Å². The molecular weight excluding hydrogens is 404 g/mol. The Morgan fingerprint density at radius 2 is 2.11 bits per heavy atom. The summed E-state index contributed by atoms with van der Waals surface area (Å²) in [7, 11) is 0. The predicted molar refractivity (Wildman–Crippen MR) is 94.6 cm³/mol. The fourth-order valence-electron chi connectivity index (χ4n) is 2.50. The number of carbonyl (C=O) groups excluding carboxylic acids is 1. The number of nitrogens with two attached hydrogens (primary N) is 2. The number of carbonyl (C=O) groups is 1. The van der Waals surface area contributed by atoms with Gasteiger partial charge in [-0.2, -0.15) is 8.78 Å². The molecule has 1 amide bonds. The monoisotopic (exact) mass is 422 g/mol. The van der Waals surface area contributed by atoms with Crippen LogP contribution in [-0.4, -0.2) is 40.8 Å². The van der Waals surface area contributed by atoms with Gasteiger partial charge in [0.05, 0.1) is 12.6 Å². The first-order valence-corrected chi connectivity index (χ1v) is 8.50. The Bertz CT molecular complexity index is 829. The van der Waals surface area contributed by atoms with Gasteiger partial charge in [-0.05, 0) is 26.0 Å². The highest BCUT2D eigenvalue weighted by atomic mass is 35.5. The molecule has 28 heavy (non-hydrogen) atoms. The summed E-state index contributed by atoms with van der Waals surface area (Å²) in [4.78, 5) is 17.9. The van der Waals surface area contributed by atoms with Gasteiger partial charge in [0.25, 0.3) is 5.91 Å². The minimum absolute atomic E-state index is 0.151. The van der Waals surface area contributed by atoms with Gasteiger partial charge in [0.1, 0.15) is 5.15 Å². The normalized spacial score (nSPS) is 16.9. The van der Waals surface area contributed by atoms with Gasteiger partial charge in [-0.1, -0.05) is 11.6 Å². The molecule has 0 radical (unpaired) electrons. The van der Waals surface area contributed by atoms with Gasteiger partial charge in [0.15, 0.2) is 12.5 Å². The van der Waals surface area contributed by atoms with Crippen LogP contribution in [0, 0.1) is 0 Å². The molecule has 0 aromatic carbocycles. The predicted octanol–water partition coefficient (Wildman–Crippen LogP) is 3.03. The Morgan fingerprint density at radius 1 is 1.46 bits per heavy atom. The maximum atomic E-state index is 12.9. The largest absolute Gasteiger partial charge is 0.473 e. The van der Waals surface area contributed by atoms with Gasteiger partial charge >= 0.3 is 12.3 Å². The van der Waals surface area contributed by atoms with Crippen molar-refractivity contribution in [3.8, 4) is 0 Å². The van der Waals surface area contributed by atoms with Gasteiger partial charge in [-0.25, -0.2) is 13.8 Å². The number of amides is 1. The lowest BCUT2D eigenvalue weighted by Gasteiger charge is -2.25. The zero-order valence-electron chi connectivity index (χ0n) is 15.1. The number of fused-ring (bicyclic) bond motifs is 1. The molecule has 0 spiro atoms. The highest BCUT2D eigenvalue weighted by Gasteiger charge is 2.42. The number of nitrogens with zero attached hydrogens (tertiary/aromatic N) is 2. The van der Waals surface area contributed by atoms with Crippen LogP contribution in [0.5, 0.6) is 0 Å². The smallest absolute Gasteiger partial charge is 0.340 e. The molecule has 1 aromatic heterocycles. The van der Waals surface area contributed by atoms with E-state index in [-0.39, 0.29) is 28.9 Å². The maximum absolute atomic E-state index is 12.9. The highest BCUT2D eigenvalue weighted by molar-refractivity contribution is 6.30. The van der Waals surface area contributed by atoms with Crippen LogP contribution in [0.25, 0.3) is 0 Å². The molecule has 2 rings (SSSR count). The number of hydrogen-bond donors (Lipinski definition) is 2. The van der Waals surface area contributed by atoms with E-state index in [4.69, 9.17) is 23.1 Å². The fraction of sp³-hybridized carbons (Fsp3) is 0.412. The zero-order chi connectivity index (χ0) is 21.2. The van der Waals surface area contributed by atoms with E-state index in [1.807, 2.05) is 0 Å². The molecule has 2 heterocycles. The van der Waals surface area contributed by atoms with Crippen molar-refractivity contribution in [3.63, 3.8) is 0 Å². The van der Waals surface area contributed by atoms with Crippen molar-refractivity contribution in [1.82, 2.24) is 9.88 Å². The molecule has 154 valence electrons. The summed E-state index contributed by atoms with van der Waals surface area (Å²) in [6, 6.07) is 0.970. The molecule has 1 unspecified atom stereocenters. The van der Waals surface area contributed by atoms with Crippen molar-refractivity contribution in [2.45, 2.75) is 38.8 Å². The van der Waals surface area contributed by atoms with E-state index in [0.29, 0.717) is 11.1 Å². The van der Waals surface area contributed by atoms with E-state index in [1.54, 1.807) is 13.0 Å². The van der Waals surface area contributed by atoms with E-state index in [1.165, 1.54) is 24.1 Å². The SMILES string of the molecule is CC(C=C(N)C(C)N1Cc2c(ccnc2Cl)C1=O)=C(N)OCC(F)(F)C(F)F. The van der Waals surface area contributed by atoms with Crippen molar-refractivity contribution in [2.24, 2.45) is 11.5 Å². The van der Waals surface area contributed by atoms with Crippen LogP contribution in [0.4, 0.5) is 17.6 Å². The standard InChI is InChI=1S/C17H19ClF4N4O2/c1-8(14(24)28-7-17(21,22)16(19)20)5-12(23)9(2)26-6-11-10(15(26)27)3-4-25-13(11)18/h3-5,9,16H,6-7,23-24H2,1-2H3. The van der Waals surface area contributed by atoms with Crippen molar-refractivity contribution in [3.05, 3.63) is 51.8 Å². The molecule has 0 aliphatic carbocycles. The maximum Gasteiger partial charge on any atom is 0.340 e. The third kappa shape index (κ3) is 4.49. The molecule has 0 bridgehead atoms. The summed E-state index contributed by atoms with van der Waals surface area (Å²) in [6.45, 7) is 1.71. The second-order valence-corrected chi connectivity index (χ2v) is 6.64. The number of allylic oxidation sites excluding steroid dienone is 2. The Morgan fingerprint density at radius 3 is 2.68 bits per heavy atom. The molecule has 4 N–H and O–H groups in total. The van der Waals surface area contributed by atoms with E-state index in [2.05, 4.69) is 9.72 Å². The highest BCUT2D eigenvalue weighted by Crippen LogP contribution is 2.30. The van der Waals surface area contributed by atoms with Crippen molar-refractivity contribution >= 4 is 17.5 Å². The molecular formula is C17H19ClF4N4O2. The molecule has 1 aliphatic heterocycles. The number of ether oxygens (including phenoxy) is 1. The summed E-state index contributed by atoms with van der Waals surface area (Å²) < 4.78 is 54.7. The number of aromatic nitrogens is 1. The lowest BCUT2D eigenvalue weighted by molar-refractivity contribution is -0.158. The summed E-state index contributed by atoms with van der Waals surface area (Å²) in [5, 5.41) is 0.219. The Kier molecular flexibility index (Phi) is 6.43. The van der Waals surface area contributed by atoms with Crippen molar-refractivity contribution < 1.29 is 27.1 Å². The first kappa shape index (κ1) is 21.8. The Balaban J connectivity index is 2.12. The van der Waals surface area contributed by atoms with Gasteiger partial charge in [0, 0.05) is 28.6 Å². The van der Waals surface area contributed by atoms with E-state index >= 15 is 0 Å². The molecule has 11 heteroatoms. The number of halogens is 5. The minimum atomic E-state index is -4.32. The van der Waals surface area contributed by atoms with Gasteiger partial charge in [0.2, 0.25) is 0 Å². The van der Waals surface area contributed by atoms with Crippen LogP contribution in [0.3, 0.4) is 0 Å². The summed E-state index contributed by atoms with van der Waals surface area (Å²) >= 11 is 6.01. The lowest BCUT2D eigenvalue weighted by Crippen LogP contribution is -2.37. The average molecular weight is 423 g/mol. The summed E-state index contributed by atoms with van der Waals surface area (Å²) in [5.41, 5.74) is 12.9. The van der Waals surface area contributed by atoms with E-state index in [0.717, 1.165) is 0 Å². The van der Waals surface area contributed by atoms with Gasteiger partial charge in [-0.3, -0.25) is 4.79 Å². The third-order valence-corrected chi connectivity index (χ3v) is 4.61. The quantitative estimate of drug-likeness (QED) is 0.305. The second kappa shape index (κ2) is 8.26. The van der Waals surface area contributed by atoms with Crippen LogP contribution in [0.1, 0.15) is 29.8 Å². The molecule has 0 saturated heterocycles.